The fraction of sp³-hybridized carbons (Fsp3) is 0.0667. The predicted molar refractivity (Wildman–Crippen MR) is 77.8 cm³/mol. The quantitative estimate of drug-likeness (QED) is 0.567. The van der Waals surface area contributed by atoms with E-state index < -0.39 is 0 Å². The number of nitrogen functional groups attached to an aromatic ring is 1. The average Bonchev–Trinajstić information content (AvgIpc) is 3.00. The summed E-state index contributed by atoms with van der Waals surface area (Å²) < 4.78 is 10.4. The molecule has 6 heteroatoms. The number of ether oxygens (including phenoxy) is 1. The average molecular weight is 283 g/mol. The first-order chi connectivity index (χ1) is 10.2. The van der Waals surface area contributed by atoms with Crippen LogP contribution in [-0.2, 0) is 0 Å². The van der Waals surface area contributed by atoms with Crippen molar-refractivity contribution in [3.63, 3.8) is 0 Å². The van der Waals surface area contributed by atoms with Crippen LogP contribution < -0.4 is 10.5 Å². The Morgan fingerprint density at radius 2 is 2.00 bits per heavy atom. The molecule has 3 aromatic rings. The van der Waals surface area contributed by atoms with Gasteiger partial charge < -0.3 is 20.1 Å². The number of anilines is 1. The number of rotatable bonds is 3. The van der Waals surface area contributed by atoms with Gasteiger partial charge in [0.05, 0.1) is 12.8 Å². The highest BCUT2D eigenvalue weighted by molar-refractivity contribution is 5.66. The van der Waals surface area contributed by atoms with Gasteiger partial charge in [-0.25, -0.2) is 0 Å². The summed E-state index contributed by atoms with van der Waals surface area (Å²) in [5.74, 6) is 1.45. The maximum atomic E-state index is 9.62. The Balaban J connectivity index is 1.97. The minimum atomic E-state index is -0.0198. The van der Waals surface area contributed by atoms with Gasteiger partial charge in [0.1, 0.15) is 11.5 Å². The molecule has 0 aliphatic heterocycles. The Bertz CT molecular complexity index is 783. The molecule has 0 amide bonds. The molecule has 0 bridgehead atoms. The van der Waals surface area contributed by atoms with Crippen LogP contribution >= 0.6 is 0 Å². The van der Waals surface area contributed by atoms with Gasteiger partial charge in [-0.1, -0.05) is 17.3 Å². The number of aromatic hydroxyl groups is 1. The van der Waals surface area contributed by atoms with Crippen LogP contribution in [0.3, 0.4) is 0 Å². The molecule has 0 fully saturated rings. The van der Waals surface area contributed by atoms with Crippen LogP contribution in [0, 0.1) is 0 Å². The summed E-state index contributed by atoms with van der Waals surface area (Å²) in [4.78, 5) is 4.31. The van der Waals surface area contributed by atoms with Gasteiger partial charge in [0.25, 0.3) is 5.89 Å². The number of hydrogen-bond acceptors (Lipinski definition) is 6. The lowest BCUT2D eigenvalue weighted by atomic mass is 10.2. The first kappa shape index (κ1) is 13.0. The molecule has 21 heavy (non-hydrogen) atoms. The van der Waals surface area contributed by atoms with Crippen LogP contribution in [0.1, 0.15) is 0 Å². The van der Waals surface area contributed by atoms with E-state index in [1.54, 1.807) is 19.2 Å². The summed E-state index contributed by atoms with van der Waals surface area (Å²) in [7, 11) is 1.60. The van der Waals surface area contributed by atoms with Crippen LogP contribution in [0.4, 0.5) is 5.69 Å². The smallest absolute Gasteiger partial charge is 0.258 e. The van der Waals surface area contributed by atoms with E-state index in [-0.39, 0.29) is 5.75 Å². The van der Waals surface area contributed by atoms with Crippen molar-refractivity contribution in [2.24, 2.45) is 0 Å². The maximum absolute atomic E-state index is 9.62. The lowest BCUT2D eigenvalue weighted by Gasteiger charge is -2.00. The topological polar surface area (TPSA) is 94.4 Å². The van der Waals surface area contributed by atoms with Crippen molar-refractivity contribution in [1.82, 2.24) is 10.1 Å². The minimum absolute atomic E-state index is 0.0198. The molecule has 1 heterocycles. The Morgan fingerprint density at radius 3 is 2.76 bits per heavy atom. The van der Waals surface area contributed by atoms with E-state index in [9.17, 15) is 5.11 Å². The number of aromatic nitrogens is 2. The van der Waals surface area contributed by atoms with Crippen LogP contribution in [0.25, 0.3) is 22.8 Å². The van der Waals surface area contributed by atoms with E-state index in [0.717, 1.165) is 5.56 Å². The summed E-state index contributed by atoms with van der Waals surface area (Å²) >= 11 is 0. The Morgan fingerprint density at radius 1 is 1.14 bits per heavy atom. The molecule has 0 aliphatic rings. The zero-order valence-corrected chi connectivity index (χ0v) is 11.3. The van der Waals surface area contributed by atoms with Gasteiger partial charge in [0.15, 0.2) is 0 Å². The highest BCUT2D eigenvalue weighted by Gasteiger charge is 2.12. The molecule has 0 radical (unpaired) electrons. The zero-order chi connectivity index (χ0) is 14.8. The normalized spacial score (nSPS) is 10.5. The number of hydrogen-bond donors (Lipinski definition) is 2. The van der Waals surface area contributed by atoms with Crippen molar-refractivity contribution in [2.45, 2.75) is 0 Å². The van der Waals surface area contributed by atoms with Crippen LogP contribution in [0.2, 0.25) is 0 Å². The number of nitrogens with zero attached hydrogens (tertiary/aromatic N) is 2. The van der Waals surface area contributed by atoms with Crippen molar-refractivity contribution in [3.8, 4) is 34.3 Å². The van der Waals surface area contributed by atoms with E-state index in [2.05, 4.69) is 10.1 Å². The lowest BCUT2D eigenvalue weighted by molar-refractivity contribution is 0.414. The number of benzene rings is 2. The molecule has 0 spiro atoms. The number of nitrogens with two attached hydrogens (primary N) is 1. The van der Waals surface area contributed by atoms with Gasteiger partial charge in [0, 0.05) is 11.1 Å². The van der Waals surface area contributed by atoms with Crippen molar-refractivity contribution >= 4 is 5.69 Å². The SMILES string of the molecule is COc1cccc(-c2noc(-c3ccc(N)c(O)c3)n2)c1. The highest BCUT2D eigenvalue weighted by atomic mass is 16.5. The first-order valence-electron chi connectivity index (χ1n) is 6.24. The molecule has 0 aliphatic carbocycles. The van der Waals surface area contributed by atoms with Crippen molar-refractivity contribution in [3.05, 3.63) is 42.5 Å². The van der Waals surface area contributed by atoms with Gasteiger partial charge >= 0.3 is 0 Å². The summed E-state index contributed by atoms with van der Waals surface area (Å²) in [6.07, 6.45) is 0. The van der Waals surface area contributed by atoms with Gasteiger partial charge in [-0.2, -0.15) is 4.98 Å². The molecule has 0 unspecified atom stereocenters. The van der Waals surface area contributed by atoms with E-state index in [4.69, 9.17) is 15.0 Å². The van der Waals surface area contributed by atoms with Gasteiger partial charge in [-0.15, -0.1) is 0 Å². The molecule has 106 valence electrons. The molecule has 1 aromatic heterocycles. The van der Waals surface area contributed by atoms with E-state index >= 15 is 0 Å². The molecule has 0 saturated heterocycles. The largest absolute Gasteiger partial charge is 0.506 e. The number of methoxy groups -OCH3 is 1. The molecule has 3 rings (SSSR count). The molecule has 2 aromatic carbocycles. The first-order valence-corrected chi connectivity index (χ1v) is 6.24. The van der Waals surface area contributed by atoms with Gasteiger partial charge in [-0.3, -0.25) is 0 Å². The Hall–Kier alpha value is -3.02. The van der Waals surface area contributed by atoms with E-state index in [0.29, 0.717) is 28.7 Å². The molecule has 6 nitrogen and oxygen atoms in total. The third kappa shape index (κ3) is 2.51. The zero-order valence-electron chi connectivity index (χ0n) is 11.3. The monoisotopic (exact) mass is 283 g/mol. The molecule has 3 N–H and O–H groups in total. The Kier molecular flexibility index (Phi) is 3.19. The second kappa shape index (κ2) is 5.16. The Labute approximate surface area is 120 Å². The second-order valence-corrected chi connectivity index (χ2v) is 4.43. The third-order valence-corrected chi connectivity index (χ3v) is 3.03. The fourth-order valence-electron chi connectivity index (χ4n) is 1.90. The van der Waals surface area contributed by atoms with Crippen LogP contribution in [0.15, 0.2) is 47.0 Å². The van der Waals surface area contributed by atoms with Crippen molar-refractivity contribution in [1.29, 1.82) is 0 Å². The molecule has 0 saturated carbocycles. The standard InChI is InChI=1S/C15H13N3O3/c1-20-11-4-2-3-9(7-11)14-17-15(21-18-14)10-5-6-12(16)13(19)8-10/h2-8,19H,16H2,1H3. The van der Waals surface area contributed by atoms with Crippen LogP contribution in [0.5, 0.6) is 11.5 Å². The van der Waals surface area contributed by atoms with E-state index in [1.807, 2.05) is 24.3 Å². The summed E-state index contributed by atoms with van der Waals surface area (Å²) in [6.45, 7) is 0. The lowest BCUT2D eigenvalue weighted by Crippen LogP contribution is -1.87. The van der Waals surface area contributed by atoms with Crippen molar-refractivity contribution in [2.75, 3.05) is 12.8 Å². The number of phenolic OH excluding ortho intramolecular Hbond substituents is 1. The second-order valence-electron chi connectivity index (χ2n) is 4.43. The van der Waals surface area contributed by atoms with Gasteiger partial charge in [-0.05, 0) is 30.3 Å². The third-order valence-electron chi connectivity index (χ3n) is 3.03. The summed E-state index contributed by atoms with van der Waals surface area (Å²) in [5.41, 5.74) is 7.24. The van der Waals surface area contributed by atoms with Gasteiger partial charge in [0.2, 0.25) is 5.82 Å². The molecule has 0 atom stereocenters. The van der Waals surface area contributed by atoms with Crippen molar-refractivity contribution < 1.29 is 14.4 Å². The van der Waals surface area contributed by atoms with E-state index in [1.165, 1.54) is 6.07 Å². The predicted octanol–water partition coefficient (Wildman–Crippen LogP) is 2.70. The molecular weight excluding hydrogens is 270 g/mol. The highest BCUT2D eigenvalue weighted by Crippen LogP contribution is 2.29. The summed E-state index contributed by atoms with van der Waals surface area (Å²) in [5, 5.41) is 13.6. The maximum Gasteiger partial charge on any atom is 0.258 e. The number of phenols is 1. The fourth-order valence-corrected chi connectivity index (χ4v) is 1.90. The van der Waals surface area contributed by atoms with Crippen LogP contribution in [-0.4, -0.2) is 22.4 Å². The summed E-state index contributed by atoms with van der Waals surface area (Å²) in [6, 6.07) is 12.1. The molecular formula is C15H13N3O3. The minimum Gasteiger partial charge on any atom is -0.506 e.